The summed E-state index contributed by atoms with van der Waals surface area (Å²) in [6.45, 7) is 9.75. The summed E-state index contributed by atoms with van der Waals surface area (Å²) in [5, 5.41) is 0. The lowest BCUT2D eigenvalue weighted by Gasteiger charge is -2.36. The number of anilines is 1. The first-order valence-corrected chi connectivity index (χ1v) is 10.2. The Morgan fingerprint density at radius 2 is 1.82 bits per heavy atom. The highest BCUT2D eigenvalue weighted by atomic mass is 16.5. The molecule has 1 aromatic heterocycles. The molecule has 2 heterocycles. The summed E-state index contributed by atoms with van der Waals surface area (Å²) in [4.78, 5) is 25.9. The van der Waals surface area contributed by atoms with Gasteiger partial charge in [0, 0.05) is 43.9 Å². The van der Waals surface area contributed by atoms with Crippen molar-refractivity contribution in [1.29, 1.82) is 0 Å². The van der Waals surface area contributed by atoms with Crippen LogP contribution in [0, 0.1) is 5.92 Å². The molecule has 1 aromatic carbocycles. The molecule has 28 heavy (non-hydrogen) atoms. The highest BCUT2D eigenvalue weighted by Gasteiger charge is 2.25. The van der Waals surface area contributed by atoms with Crippen molar-refractivity contribution in [2.75, 3.05) is 37.7 Å². The number of aromatic nitrogens is 2. The van der Waals surface area contributed by atoms with Crippen molar-refractivity contribution in [3.8, 4) is 17.0 Å². The Labute approximate surface area is 167 Å². The van der Waals surface area contributed by atoms with Gasteiger partial charge in [0.2, 0.25) is 11.9 Å². The summed E-state index contributed by atoms with van der Waals surface area (Å²) in [6.07, 6.45) is 3.79. The van der Waals surface area contributed by atoms with Crippen LogP contribution in [0.4, 0.5) is 5.95 Å². The molecule has 0 saturated carbocycles. The van der Waals surface area contributed by atoms with E-state index in [2.05, 4.69) is 16.8 Å². The number of piperazine rings is 1. The second kappa shape index (κ2) is 9.53. The van der Waals surface area contributed by atoms with Gasteiger partial charge in [-0.15, -0.1) is 0 Å². The molecule has 150 valence electrons. The summed E-state index contributed by atoms with van der Waals surface area (Å²) in [5.41, 5.74) is 1.93. The van der Waals surface area contributed by atoms with Crippen molar-refractivity contribution in [1.82, 2.24) is 14.9 Å². The van der Waals surface area contributed by atoms with Gasteiger partial charge >= 0.3 is 0 Å². The number of nitrogens with zero attached hydrogens (tertiary/aromatic N) is 4. The van der Waals surface area contributed by atoms with Crippen LogP contribution in [-0.4, -0.2) is 53.6 Å². The van der Waals surface area contributed by atoms with Crippen molar-refractivity contribution in [3.63, 3.8) is 0 Å². The molecular weight excluding hydrogens is 352 g/mol. The third kappa shape index (κ3) is 4.80. The van der Waals surface area contributed by atoms with Gasteiger partial charge in [-0.2, -0.15) is 0 Å². The van der Waals surface area contributed by atoms with Gasteiger partial charge in [0.25, 0.3) is 0 Å². The standard InChI is InChI=1S/C22H30N4O2/c1-4-6-17(3)21(27)25-13-15-26(16-14-25)22-23-12-11-20(24-22)18-7-9-19(10-8-18)28-5-2/h7-12,17H,4-6,13-16H2,1-3H3. The highest BCUT2D eigenvalue weighted by Crippen LogP contribution is 2.23. The van der Waals surface area contributed by atoms with Gasteiger partial charge < -0.3 is 14.5 Å². The van der Waals surface area contributed by atoms with Gasteiger partial charge in [0.1, 0.15) is 5.75 Å². The number of carbonyl (C=O) groups is 1. The normalized spacial score (nSPS) is 15.4. The lowest BCUT2D eigenvalue weighted by molar-refractivity contribution is -0.135. The van der Waals surface area contributed by atoms with Crippen LogP contribution < -0.4 is 9.64 Å². The van der Waals surface area contributed by atoms with Crippen molar-refractivity contribution in [2.45, 2.75) is 33.6 Å². The fourth-order valence-electron chi connectivity index (χ4n) is 3.55. The second-order valence-corrected chi connectivity index (χ2v) is 7.20. The molecule has 6 heteroatoms. The van der Waals surface area contributed by atoms with Crippen LogP contribution in [0.1, 0.15) is 33.6 Å². The van der Waals surface area contributed by atoms with Crippen LogP contribution in [-0.2, 0) is 4.79 Å². The monoisotopic (exact) mass is 382 g/mol. The molecular formula is C22H30N4O2. The van der Waals surface area contributed by atoms with Crippen LogP contribution in [0.5, 0.6) is 5.75 Å². The minimum atomic E-state index is 0.107. The van der Waals surface area contributed by atoms with Crippen molar-refractivity contribution < 1.29 is 9.53 Å². The highest BCUT2D eigenvalue weighted by molar-refractivity contribution is 5.78. The number of hydrogen-bond acceptors (Lipinski definition) is 5. The summed E-state index contributed by atoms with van der Waals surface area (Å²) >= 11 is 0. The van der Waals surface area contributed by atoms with Crippen molar-refractivity contribution in [3.05, 3.63) is 36.5 Å². The largest absolute Gasteiger partial charge is 0.494 e. The molecule has 1 fully saturated rings. The topological polar surface area (TPSA) is 58.6 Å². The van der Waals surface area contributed by atoms with Crippen LogP contribution in [0.15, 0.2) is 36.5 Å². The molecule has 0 bridgehead atoms. The van der Waals surface area contributed by atoms with Crippen LogP contribution in [0.25, 0.3) is 11.3 Å². The molecule has 0 aliphatic carbocycles. The Kier molecular flexibility index (Phi) is 6.85. The van der Waals surface area contributed by atoms with Gasteiger partial charge in [-0.1, -0.05) is 20.3 Å². The number of ether oxygens (including phenoxy) is 1. The Morgan fingerprint density at radius 3 is 2.46 bits per heavy atom. The van der Waals surface area contributed by atoms with Crippen molar-refractivity contribution in [2.24, 2.45) is 5.92 Å². The lowest BCUT2D eigenvalue weighted by atomic mass is 10.0. The Hall–Kier alpha value is -2.63. The van der Waals surface area contributed by atoms with E-state index < -0.39 is 0 Å². The zero-order valence-corrected chi connectivity index (χ0v) is 17.1. The van der Waals surface area contributed by atoms with E-state index in [0.717, 1.165) is 62.0 Å². The second-order valence-electron chi connectivity index (χ2n) is 7.20. The number of hydrogen-bond donors (Lipinski definition) is 0. The first-order valence-electron chi connectivity index (χ1n) is 10.2. The summed E-state index contributed by atoms with van der Waals surface area (Å²) in [5.74, 6) is 1.96. The Bertz CT molecular complexity index is 770. The molecule has 0 spiro atoms. The first kappa shape index (κ1) is 20.1. The Morgan fingerprint density at radius 1 is 1.11 bits per heavy atom. The molecule has 6 nitrogen and oxygen atoms in total. The number of amides is 1. The smallest absolute Gasteiger partial charge is 0.225 e. The molecule has 1 unspecified atom stereocenters. The molecule has 1 atom stereocenters. The van der Waals surface area contributed by atoms with Crippen molar-refractivity contribution >= 4 is 11.9 Å². The predicted octanol–water partition coefficient (Wildman–Crippen LogP) is 3.63. The number of rotatable bonds is 7. The van der Waals surface area contributed by atoms with E-state index in [1.165, 1.54) is 0 Å². The number of benzene rings is 1. The molecule has 0 radical (unpaired) electrons. The molecule has 3 rings (SSSR count). The minimum absolute atomic E-state index is 0.107. The van der Waals surface area contributed by atoms with Gasteiger partial charge in [-0.3, -0.25) is 4.79 Å². The fraction of sp³-hybridized carbons (Fsp3) is 0.500. The number of carbonyl (C=O) groups excluding carboxylic acids is 1. The van der Waals surface area contributed by atoms with Gasteiger partial charge in [-0.25, -0.2) is 9.97 Å². The first-order chi connectivity index (χ1) is 13.6. The Balaban J connectivity index is 1.64. The van der Waals surface area contributed by atoms with Crippen LogP contribution in [0.3, 0.4) is 0 Å². The third-order valence-corrected chi connectivity index (χ3v) is 5.12. The third-order valence-electron chi connectivity index (χ3n) is 5.12. The quantitative estimate of drug-likeness (QED) is 0.732. The van der Waals surface area contributed by atoms with E-state index in [-0.39, 0.29) is 11.8 Å². The average Bonchev–Trinajstić information content (AvgIpc) is 2.74. The zero-order chi connectivity index (χ0) is 19.9. The summed E-state index contributed by atoms with van der Waals surface area (Å²) in [6, 6.07) is 9.88. The van der Waals surface area contributed by atoms with E-state index >= 15 is 0 Å². The van der Waals surface area contributed by atoms with E-state index in [0.29, 0.717) is 6.61 Å². The lowest BCUT2D eigenvalue weighted by Crippen LogP contribution is -2.50. The molecule has 1 amide bonds. The van der Waals surface area contributed by atoms with Gasteiger partial charge in [-0.05, 0) is 43.7 Å². The van der Waals surface area contributed by atoms with E-state index in [9.17, 15) is 4.79 Å². The molecule has 1 saturated heterocycles. The van der Waals surface area contributed by atoms with E-state index in [1.807, 2.05) is 49.1 Å². The van der Waals surface area contributed by atoms with Gasteiger partial charge in [0.05, 0.1) is 12.3 Å². The van der Waals surface area contributed by atoms with Crippen LogP contribution >= 0.6 is 0 Å². The SMILES string of the molecule is CCCC(C)C(=O)N1CCN(c2nccc(-c3ccc(OCC)cc3)n2)CC1. The summed E-state index contributed by atoms with van der Waals surface area (Å²) < 4.78 is 5.50. The maximum Gasteiger partial charge on any atom is 0.225 e. The average molecular weight is 383 g/mol. The molecule has 0 N–H and O–H groups in total. The van der Waals surface area contributed by atoms with Crippen LogP contribution in [0.2, 0.25) is 0 Å². The maximum absolute atomic E-state index is 12.5. The fourth-order valence-corrected chi connectivity index (χ4v) is 3.55. The molecule has 2 aromatic rings. The minimum Gasteiger partial charge on any atom is -0.494 e. The molecule has 1 aliphatic heterocycles. The van der Waals surface area contributed by atoms with E-state index in [1.54, 1.807) is 6.20 Å². The zero-order valence-electron chi connectivity index (χ0n) is 17.1. The van der Waals surface area contributed by atoms with Gasteiger partial charge in [0.15, 0.2) is 0 Å². The summed E-state index contributed by atoms with van der Waals surface area (Å²) in [7, 11) is 0. The molecule has 1 aliphatic rings. The maximum atomic E-state index is 12.5. The van der Waals surface area contributed by atoms with E-state index in [4.69, 9.17) is 9.72 Å². The predicted molar refractivity (Wildman–Crippen MR) is 112 cm³/mol.